The highest BCUT2D eigenvalue weighted by Crippen LogP contribution is 2.35. The number of anilines is 2. The highest BCUT2D eigenvalue weighted by Gasteiger charge is 2.34. The number of ketones is 2. The van der Waals surface area contributed by atoms with Crippen LogP contribution in [0.1, 0.15) is 45.7 Å². The lowest BCUT2D eigenvalue weighted by atomic mass is 9.82. The fourth-order valence-electron chi connectivity index (χ4n) is 3.85. The third kappa shape index (κ3) is 6.10. The van der Waals surface area contributed by atoms with Crippen molar-refractivity contribution in [2.24, 2.45) is 0 Å². The summed E-state index contributed by atoms with van der Waals surface area (Å²) in [5, 5.41) is 10.6. The van der Waals surface area contributed by atoms with Gasteiger partial charge in [-0.3, -0.25) is 39.4 Å². The Labute approximate surface area is 218 Å². The van der Waals surface area contributed by atoms with Crippen LogP contribution in [0, 0.1) is 0 Å². The number of fused-ring (bicyclic) bond motifs is 2. The second-order valence-electron chi connectivity index (χ2n) is 8.46. The number of carbonyl (C=O) groups excluding carboxylic acids is 6. The molecule has 4 N–H and O–H groups in total. The third-order valence-electron chi connectivity index (χ3n) is 5.87. The van der Waals surface area contributed by atoms with Crippen LogP contribution in [0.3, 0.4) is 0 Å². The number of esters is 2. The minimum absolute atomic E-state index is 0.0153. The lowest BCUT2D eigenvalue weighted by Gasteiger charge is -2.23. The Kier molecular flexibility index (Phi) is 9.05. The van der Waals surface area contributed by atoms with Crippen molar-refractivity contribution in [1.29, 1.82) is 0 Å². The molecule has 0 fully saturated rings. The Balaban J connectivity index is 1.83. The molecule has 0 bridgehead atoms. The van der Waals surface area contributed by atoms with Gasteiger partial charge in [0.25, 0.3) is 0 Å². The normalized spacial score (nSPS) is 13.5. The van der Waals surface area contributed by atoms with Crippen LogP contribution in [0.4, 0.5) is 11.4 Å². The third-order valence-corrected chi connectivity index (χ3v) is 5.87. The van der Waals surface area contributed by atoms with Gasteiger partial charge in [0.2, 0.25) is 11.8 Å². The molecule has 2 aromatic carbocycles. The largest absolute Gasteiger partial charge is 0.468 e. The maximum Gasteiger partial charge on any atom is 0.322 e. The smallest absolute Gasteiger partial charge is 0.322 e. The second-order valence-corrected chi connectivity index (χ2v) is 8.46. The monoisotopic (exact) mass is 524 g/mol. The molecule has 38 heavy (non-hydrogen) atoms. The van der Waals surface area contributed by atoms with E-state index in [1.54, 1.807) is 0 Å². The number of hydrogen-bond acceptors (Lipinski definition) is 10. The van der Waals surface area contributed by atoms with Gasteiger partial charge in [-0.25, -0.2) is 0 Å². The average Bonchev–Trinajstić information content (AvgIpc) is 2.92. The fraction of sp³-hybridized carbons (Fsp3) is 0.308. The zero-order chi connectivity index (χ0) is 28.0. The van der Waals surface area contributed by atoms with E-state index in [0.29, 0.717) is 0 Å². The molecule has 0 unspecified atom stereocenters. The van der Waals surface area contributed by atoms with E-state index in [-0.39, 0.29) is 46.7 Å². The van der Waals surface area contributed by atoms with Crippen molar-refractivity contribution >= 4 is 46.7 Å². The zero-order valence-electron chi connectivity index (χ0n) is 21.3. The lowest BCUT2D eigenvalue weighted by Crippen LogP contribution is -2.40. The van der Waals surface area contributed by atoms with E-state index in [1.807, 2.05) is 0 Å². The summed E-state index contributed by atoms with van der Waals surface area (Å²) in [6.45, 7) is 2.56. The molecule has 2 aromatic rings. The van der Waals surface area contributed by atoms with E-state index in [1.165, 1.54) is 64.5 Å². The van der Waals surface area contributed by atoms with Crippen LogP contribution >= 0.6 is 0 Å². The maximum absolute atomic E-state index is 13.6. The van der Waals surface area contributed by atoms with Crippen LogP contribution in [-0.2, 0) is 28.7 Å². The Morgan fingerprint density at radius 3 is 1.45 bits per heavy atom. The zero-order valence-corrected chi connectivity index (χ0v) is 21.3. The number of nitrogens with one attached hydrogen (secondary N) is 4. The molecule has 1 aliphatic carbocycles. The van der Waals surface area contributed by atoms with E-state index in [0.717, 1.165) is 0 Å². The Bertz CT molecular complexity index is 1210. The Hall–Kier alpha value is -4.42. The van der Waals surface area contributed by atoms with Crippen LogP contribution < -0.4 is 21.3 Å². The lowest BCUT2D eigenvalue weighted by molar-refractivity contribution is -0.143. The topological polar surface area (TPSA) is 169 Å². The number of hydrogen-bond donors (Lipinski definition) is 4. The first-order chi connectivity index (χ1) is 18.1. The van der Waals surface area contributed by atoms with E-state index >= 15 is 0 Å². The SMILES string of the molecule is COC(=O)[C@H](C)NCC(=O)Nc1cccc2c1C(=O)c1c(NC(=O)CN[C@@H](C)C(=O)OC)cccc1C2=O. The summed E-state index contributed by atoms with van der Waals surface area (Å²) in [5.41, 5.74) is 0.399. The number of carbonyl (C=O) groups is 6. The standard InChI is InChI=1S/C26H28N4O8/c1-13(25(35)37-3)27-11-19(31)29-17-9-5-7-15-21(17)24(34)22-16(23(15)33)8-6-10-18(22)30-20(32)12-28-14(2)26(36)38-4/h5-10,13-14,27-28H,11-12H2,1-4H3,(H,29,31)(H,30,32)/t13-,14-/m0/s1. The van der Waals surface area contributed by atoms with Crippen molar-refractivity contribution < 1.29 is 38.2 Å². The highest BCUT2D eigenvalue weighted by atomic mass is 16.5. The first-order valence-electron chi connectivity index (χ1n) is 11.7. The number of methoxy groups -OCH3 is 2. The summed E-state index contributed by atoms with van der Waals surface area (Å²) < 4.78 is 9.21. The van der Waals surface area contributed by atoms with Crippen molar-refractivity contribution in [3.05, 3.63) is 58.7 Å². The average molecular weight is 525 g/mol. The molecule has 0 heterocycles. The van der Waals surface area contributed by atoms with E-state index in [4.69, 9.17) is 0 Å². The van der Waals surface area contributed by atoms with Crippen LogP contribution in [0.2, 0.25) is 0 Å². The Morgan fingerprint density at radius 1 is 0.684 bits per heavy atom. The van der Waals surface area contributed by atoms with Gasteiger partial charge in [-0.2, -0.15) is 0 Å². The van der Waals surface area contributed by atoms with Crippen LogP contribution in [0.25, 0.3) is 0 Å². The highest BCUT2D eigenvalue weighted by molar-refractivity contribution is 6.32. The fourth-order valence-corrected chi connectivity index (χ4v) is 3.85. The molecule has 12 heteroatoms. The van der Waals surface area contributed by atoms with Gasteiger partial charge in [0, 0.05) is 11.1 Å². The minimum Gasteiger partial charge on any atom is -0.468 e. The van der Waals surface area contributed by atoms with Gasteiger partial charge in [0.15, 0.2) is 11.6 Å². The molecule has 0 saturated carbocycles. The summed E-state index contributed by atoms with van der Waals surface area (Å²) in [4.78, 5) is 75.1. The molecule has 12 nitrogen and oxygen atoms in total. The molecular formula is C26H28N4O8. The summed E-state index contributed by atoms with van der Waals surface area (Å²) in [6.07, 6.45) is 0. The van der Waals surface area contributed by atoms with Crippen LogP contribution in [0.15, 0.2) is 36.4 Å². The summed E-state index contributed by atoms with van der Waals surface area (Å²) in [5.74, 6) is -3.20. The number of benzene rings is 2. The van der Waals surface area contributed by atoms with Gasteiger partial charge >= 0.3 is 11.9 Å². The first-order valence-corrected chi connectivity index (χ1v) is 11.7. The number of rotatable bonds is 10. The molecule has 200 valence electrons. The van der Waals surface area contributed by atoms with Crippen molar-refractivity contribution in [2.45, 2.75) is 25.9 Å². The molecule has 2 atom stereocenters. The van der Waals surface area contributed by atoms with Crippen LogP contribution in [-0.4, -0.2) is 74.7 Å². The Morgan fingerprint density at radius 2 is 1.08 bits per heavy atom. The molecule has 1 aliphatic rings. The van der Waals surface area contributed by atoms with Gasteiger partial charge in [-0.05, 0) is 26.0 Å². The summed E-state index contributed by atoms with van der Waals surface area (Å²) >= 11 is 0. The van der Waals surface area contributed by atoms with Crippen molar-refractivity contribution in [3.63, 3.8) is 0 Å². The van der Waals surface area contributed by atoms with E-state index in [9.17, 15) is 28.8 Å². The molecule has 3 rings (SSSR count). The second kappa shape index (κ2) is 12.2. The first kappa shape index (κ1) is 28.2. The molecule has 0 radical (unpaired) electrons. The van der Waals surface area contributed by atoms with Gasteiger partial charge in [0.1, 0.15) is 12.1 Å². The summed E-state index contributed by atoms with van der Waals surface area (Å²) in [6, 6.07) is 7.53. The maximum atomic E-state index is 13.6. The number of ether oxygens (including phenoxy) is 2. The van der Waals surface area contributed by atoms with E-state index in [2.05, 4.69) is 30.7 Å². The molecule has 2 amide bonds. The molecule has 0 spiro atoms. The number of amides is 2. The van der Waals surface area contributed by atoms with Gasteiger partial charge in [-0.15, -0.1) is 0 Å². The quantitative estimate of drug-likeness (QED) is 0.276. The van der Waals surface area contributed by atoms with Gasteiger partial charge in [0.05, 0.1) is 49.8 Å². The predicted octanol–water partition coefficient (Wildman–Crippen LogP) is 0.641. The van der Waals surface area contributed by atoms with E-state index < -0.39 is 47.4 Å². The van der Waals surface area contributed by atoms with Gasteiger partial charge in [-0.1, -0.05) is 24.3 Å². The minimum atomic E-state index is -0.734. The molecule has 0 aromatic heterocycles. The molecule has 0 aliphatic heterocycles. The van der Waals surface area contributed by atoms with Crippen molar-refractivity contribution in [3.8, 4) is 0 Å². The summed E-state index contributed by atoms with van der Waals surface area (Å²) in [7, 11) is 2.46. The van der Waals surface area contributed by atoms with Crippen molar-refractivity contribution in [1.82, 2.24) is 10.6 Å². The predicted molar refractivity (Wildman–Crippen MR) is 136 cm³/mol. The molecule has 0 saturated heterocycles. The van der Waals surface area contributed by atoms with Crippen LogP contribution in [0.5, 0.6) is 0 Å². The molecular weight excluding hydrogens is 496 g/mol. The van der Waals surface area contributed by atoms with Crippen molar-refractivity contribution in [2.75, 3.05) is 37.9 Å². The van der Waals surface area contributed by atoms with Gasteiger partial charge < -0.3 is 20.1 Å².